The summed E-state index contributed by atoms with van der Waals surface area (Å²) in [5, 5.41) is 8.82. The van der Waals surface area contributed by atoms with Crippen molar-refractivity contribution in [2.24, 2.45) is 0 Å². The summed E-state index contributed by atoms with van der Waals surface area (Å²) in [5.41, 5.74) is 1.20. The van der Waals surface area contributed by atoms with Crippen molar-refractivity contribution < 1.29 is 27.2 Å². The van der Waals surface area contributed by atoms with Crippen LogP contribution in [0.2, 0.25) is 0 Å². The van der Waals surface area contributed by atoms with Gasteiger partial charge >= 0.3 is 5.97 Å². The van der Waals surface area contributed by atoms with Crippen molar-refractivity contribution in [3.05, 3.63) is 59.7 Å². The minimum absolute atomic E-state index is 0.128. The third kappa shape index (κ3) is 6.16. The molecule has 0 saturated carbocycles. The molecule has 0 atom stereocenters. The second kappa shape index (κ2) is 9.35. The van der Waals surface area contributed by atoms with Gasteiger partial charge in [-0.15, -0.1) is 0 Å². The van der Waals surface area contributed by atoms with E-state index in [1.54, 1.807) is 24.3 Å². The highest BCUT2D eigenvalue weighted by molar-refractivity contribution is 7.86. The van der Waals surface area contributed by atoms with Crippen molar-refractivity contribution in [2.75, 3.05) is 13.2 Å². The van der Waals surface area contributed by atoms with Gasteiger partial charge in [0.25, 0.3) is 10.1 Å². The van der Waals surface area contributed by atoms with Gasteiger partial charge in [-0.2, -0.15) is 8.42 Å². The monoisotopic (exact) mass is 378 g/mol. The van der Waals surface area contributed by atoms with Crippen molar-refractivity contribution in [1.29, 1.82) is 0 Å². The average Bonchev–Trinajstić information content (AvgIpc) is 2.61. The zero-order valence-electron chi connectivity index (χ0n) is 14.6. The largest absolute Gasteiger partial charge is 0.494 e. The van der Waals surface area contributed by atoms with Crippen LogP contribution in [0.25, 0.3) is 0 Å². The van der Waals surface area contributed by atoms with Gasteiger partial charge in [-0.25, -0.2) is 4.79 Å². The minimum Gasteiger partial charge on any atom is -0.494 e. The highest BCUT2D eigenvalue weighted by Crippen LogP contribution is 2.15. The fourth-order valence-corrected chi connectivity index (χ4v) is 3.15. The molecule has 0 fully saturated rings. The Morgan fingerprint density at radius 3 is 2.15 bits per heavy atom. The summed E-state index contributed by atoms with van der Waals surface area (Å²) in [6, 6.07) is 12.7. The van der Waals surface area contributed by atoms with E-state index in [4.69, 9.17) is 14.0 Å². The number of benzene rings is 2. The van der Waals surface area contributed by atoms with E-state index in [-0.39, 0.29) is 17.1 Å². The van der Waals surface area contributed by atoms with Gasteiger partial charge in [-0.3, -0.25) is 4.18 Å². The average molecular weight is 378 g/mol. The zero-order chi connectivity index (χ0) is 19.0. The normalized spacial score (nSPS) is 11.3. The summed E-state index contributed by atoms with van der Waals surface area (Å²) >= 11 is 0. The third-order valence-corrected chi connectivity index (χ3v) is 5.03. The molecule has 1 N–H and O–H groups in total. The van der Waals surface area contributed by atoms with Crippen LogP contribution < -0.4 is 4.74 Å². The van der Waals surface area contributed by atoms with Crippen LogP contribution in [0.15, 0.2) is 53.4 Å². The fraction of sp³-hybridized carbons (Fsp3) is 0.316. The van der Waals surface area contributed by atoms with Crippen LogP contribution in [0.4, 0.5) is 0 Å². The number of ether oxygens (including phenoxy) is 1. The summed E-state index contributed by atoms with van der Waals surface area (Å²) in [7, 11) is -3.70. The number of hydrogen-bond donors (Lipinski definition) is 1. The lowest BCUT2D eigenvalue weighted by atomic mass is 10.2. The number of carboxylic acids is 1. The molecule has 0 spiro atoms. The van der Waals surface area contributed by atoms with Gasteiger partial charge < -0.3 is 9.84 Å². The highest BCUT2D eigenvalue weighted by Gasteiger charge is 2.14. The Balaban J connectivity index is 1.63. The van der Waals surface area contributed by atoms with Crippen LogP contribution in [0.3, 0.4) is 0 Å². The molecule has 6 nitrogen and oxygen atoms in total. The molecule has 0 radical (unpaired) electrons. The van der Waals surface area contributed by atoms with Crippen molar-refractivity contribution in [2.45, 2.75) is 31.1 Å². The van der Waals surface area contributed by atoms with Gasteiger partial charge in [0, 0.05) is 0 Å². The highest BCUT2D eigenvalue weighted by atomic mass is 32.2. The van der Waals surface area contributed by atoms with Crippen LogP contribution in [0, 0.1) is 6.92 Å². The summed E-state index contributed by atoms with van der Waals surface area (Å²) < 4.78 is 34.6. The Morgan fingerprint density at radius 2 is 1.54 bits per heavy atom. The Kier molecular flexibility index (Phi) is 7.17. The summed E-state index contributed by atoms with van der Waals surface area (Å²) in [6.45, 7) is 2.49. The van der Waals surface area contributed by atoms with Gasteiger partial charge in [0.15, 0.2) is 0 Å². The number of aromatic carboxylic acids is 1. The van der Waals surface area contributed by atoms with Crippen LogP contribution in [0.5, 0.6) is 5.75 Å². The molecule has 0 bridgehead atoms. The van der Waals surface area contributed by atoms with Crippen molar-refractivity contribution in [1.82, 2.24) is 0 Å². The molecular weight excluding hydrogens is 356 g/mol. The Labute approximate surface area is 153 Å². The predicted octanol–water partition coefficient (Wildman–Crippen LogP) is 3.65. The molecule has 0 aliphatic heterocycles. The van der Waals surface area contributed by atoms with E-state index >= 15 is 0 Å². The topological polar surface area (TPSA) is 89.9 Å². The first-order chi connectivity index (χ1) is 12.4. The second-order valence-corrected chi connectivity index (χ2v) is 7.44. The zero-order valence-corrected chi connectivity index (χ0v) is 15.4. The lowest BCUT2D eigenvalue weighted by molar-refractivity contribution is 0.0697. The van der Waals surface area contributed by atoms with Crippen molar-refractivity contribution >= 4 is 16.1 Å². The number of aryl methyl sites for hydroxylation is 1. The van der Waals surface area contributed by atoms with Gasteiger partial charge in [-0.1, -0.05) is 17.7 Å². The van der Waals surface area contributed by atoms with E-state index in [0.717, 1.165) is 18.4 Å². The number of carboxylic acid groups (broad SMARTS) is 1. The van der Waals surface area contributed by atoms with E-state index < -0.39 is 16.1 Å². The molecule has 26 heavy (non-hydrogen) atoms. The van der Waals surface area contributed by atoms with Gasteiger partial charge in [0.1, 0.15) is 5.75 Å². The number of unbranched alkanes of at least 4 members (excludes halogenated alkanes) is 2. The van der Waals surface area contributed by atoms with Gasteiger partial charge in [-0.05, 0) is 62.6 Å². The summed E-state index contributed by atoms with van der Waals surface area (Å²) in [5.74, 6) is -0.370. The number of rotatable bonds is 10. The maximum Gasteiger partial charge on any atom is 0.335 e. The molecular formula is C19H22O6S. The number of carbonyl (C=O) groups is 1. The first-order valence-corrected chi connectivity index (χ1v) is 9.71. The minimum atomic E-state index is -3.70. The summed E-state index contributed by atoms with van der Waals surface area (Å²) in [4.78, 5) is 10.9. The Hall–Kier alpha value is -2.38. The van der Waals surface area contributed by atoms with E-state index in [1.807, 2.05) is 6.92 Å². The first kappa shape index (κ1) is 19.9. The lowest BCUT2D eigenvalue weighted by Gasteiger charge is -2.07. The molecule has 0 heterocycles. The van der Waals surface area contributed by atoms with Crippen molar-refractivity contribution in [3.8, 4) is 5.75 Å². The molecule has 0 aliphatic rings. The Bertz CT molecular complexity index is 810. The predicted molar refractivity (Wildman–Crippen MR) is 97.1 cm³/mol. The number of hydrogen-bond acceptors (Lipinski definition) is 5. The second-order valence-electron chi connectivity index (χ2n) is 5.83. The maximum atomic E-state index is 12.0. The van der Waals surface area contributed by atoms with Crippen LogP contribution in [-0.2, 0) is 14.3 Å². The molecule has 7 heteroatoms. The molecule has 0 saturated heterocycles. The van der Waals surface area contributed by atoms with Crippen LogP contribution >= 0.6 is 0 Å². The smallest absolute Gasteiger partial charge is 0.335 e. The van der Waals surface area contributed by atoms with E-state index in [0.29, 0.717) is 18.8 Å². The van der Waals surface area contributed by atoms with Gasteiger partial charge in [0.2, 0.25) is 0 Å². The van der Waals surface area contributed by atoms with E-state index in [2.05, 4.69) is 0 Å². The molecule has 0 amide bonds. The lowest BCUT2D eigenvalue weighted by Crippen LogP contribution is -2.08. The SMILES string of the molecule is Cc1ccc(S(=O)(=O)OCCCCCOc2ccc(C(=O)O)cc2)cc1. The first-order valence-electron chi connectivity index (χ1n) is 8.31. The van der Waals surface area contributed by atoms with Crippen LogP contribution in [0.1, 0.15) is 35.2 Å². The van der Waals surface area contributed by atoms with Gasteiger partial charge in [0.05, 0.1) is 23.7 Å². The third-order valence-electron chi connectivity index (χ3n) is 3.71. The molecule has 0 aliphatic carbocycles. The van der Waals surface area contributed by atoms with E-state index in [1.165, 1.54) is 24.3 Å². The maximum absolute atomic E-state index is 12.0. The Morgan fingerprint density at radius 1 is 0.923 bits per heavy atom. The van der Waals surface area contributed by atoms with Crippen molar-refractivity contribution in [3.63, 3.8) is 0 Å². The molecule has 2 aromatic rings. The standard InChI is InChI=1S/C19H22O6S/c1-15-5-11-18(12-6-15)26(22,23)25-14-4-2-3-13-24-17-9-7-16(8-10-17)19(20)21/h5-12H,2-4,13-14H2,1H3,(H,20,21). The molecule has 0 unspecified atom stereocenters. The fourth-order valence-electron chi connectivity index (χ4n) is 2.21. The molecule has 2 aromatic carbocycles. The molecule has 0 aromatic heterocycles. The molecule has 140 valence electrons. The van der Waals surface area contributed by atoms with Crippen LogP contribution in [-0.4, -0.2) is 32.7 Å². The summed E-state index contributed by atoms with van der Waals surface area (Å²) in [6.07, 6.45) is 2.11. The quantitative estimate of drug-likeness (QED) is 0.501. The van der Waals surface area contributed by atoms with E-state index in [9.17, 15) is 13.2 Å². The molecule has 2 rings (SSSR count).